The molecule has 6 nitrogen and oxygen atoms in total. The quantitative estimate of drug-likeness (QED) is 0.622. The van der Waals surface area contributed by atoms with Crippen LogP contribution in [0.5, 0.6) is 0 Å². The second-order valence-electron chi connectivity index (χ2n) is 9.66. The van der Waals surface area contributed by atoms with Gasteiger partial charge in [-0.1, -0.05) is 0 Å². The lowest BCUT2D eigenvalue weighted by Crippen LogP contribution is -2.59. The standard InChI is InChI=1S/C22H29N3O3/c26-21(23-22-12-15-8-16(13-22)10-17(9-15)14-22)19-11-18(25(27)28)4-5-20(19)24-6-2-1-3-7-24/h4-5,11,15-17H,1-3,6-10,12-14H2,(H,23,26). The van der Waals surface area contributed by atoms with Gasteiger partial charge in [0.05, 0.1) is 16.2 Å². The summed E-state index contributed by atoms with van der Waals surface area (Å²) in [4.78, 5) is 26.6. The SMILES string of the molecule is O=C(NC12CC3CC(CC(C3)C1)C2)c1cc([N+](=O)[O-])ccc1N1CCCCC1. The number of piperidine rings is 1. The van der Waals surface area contributed by atoms with Gasteiger partial charge in [-0.05, 0) is 81.6 Å². The second kappa shape index (κ2) is 6.75. The summed E-state index contributed by atoms with van der Waals surface area (Å²) >= 11 is 0. The van der Waals surface area contributed by atoms with Crippen LogP contribution in [0, 0.1) is 27.9 Å². The fraction of sp³-hybridized carbons (Fsp3) is 0.682. The average molecular weight is 383 g/mol. The molecule has 1 aliphatic heterocycles. The van der Waals surface area contributed by atoms with E-state index in [4.69, 9.17) is 0 Å². The van der Waals surface area contributed by atoms with Crippen LogP contribution in [-0.4, -0.2) is 29.5 Å². The van der Waals surface area contributed by atoms with E-state index in [0.29, 0.717) is 5.56 Å². The van der Waals surface area contributed by atoms with Crippen molar-refractivity contribution in [1.29, 1.82) is 0 Å². The van der Waals surface area contributed by atoms with Crippen LogP contribution in [0.15, 0.2) is 18.2 Å². The van der Waals surface area contributed by atoms with E-state index in [-0.39, 0.29) is 17.1 Å². The number of benzene rings is 1. The van der Waals surface area contributed by atoms with Crippen molar-refractivity contribution in [2.75, 3.05) is 18.0 Å². The number of amides is 1. The van der Waals surface area contributed by atoms with Crippen molar-refractivity contribution >= 4 is 17.3 Å². The zero-order chi connectivity index (χ0) is 19.3. The maximum absolute atomic E-state index is 13.4. The molecular formula is C22H29N3O3. The molecule has 6 rings (SSSR count). The maximum Gasteiger partial charge on any atom is 0.270 e. The molecule has 4 bridgehead atoms. The molecule has 28 heavy (non-hydrogen) atoms. The van der Waals surface area contributed by atoms with Gasteiger partial charge in [-0.15, -0.1) is 0 Å². The highest BCUT2D eigenvalue weighted by atomic mass is 16.6. The summed E-state index contributed by atoms with van der Waals surface area (Å²) in [6.45, 7) is 1.82. The van der Waals surface area contributed by atoms with Crippen molar-refractivity contribution < 1.29 is 9.72 Å². The normalized spacial score (nSPS) is 33.7. The summed E-state index contributed by atoms with van der Waals surface area (Å²) in [5.41, 5.74) is 1.24. The molecule has 1 saturated heterocycles. The van der Waals surface area contributed by atoms with Crippen molar-refractivity contribution in [3.05, 3.63) is 33.9 Å². The van der Waals surface area contributed by atoms with Gasteiger partial charge in [0.2, 0.25) is 0 Å². The van der Waals surface area contributed by atoms with E-state index in [1.807, 2.05) is 0 Å². The largest absolute Gasteiger partial charge is 0.371 e. The van der Waals surface area contributed by atoms with Gasteiger partial charge in [0.1, 0.15) is 0 Å². The highest BCUT2D eigenvalue weighted by Crippen LogP contribution is 2.55. The smallest absolute Gasteiger partial charge is 0.270 e. The number of carbonyl (C=O) groups is 1. The molecule has 1 aromatic rings. The van der Waals surface area contributed by atoms with Gasteiger partial charge in [0.25, 0.3) is 11.6 Å². The van der Waals surface area contributed by atoms with Crippen molar-refractivity contribution in [3.63, 3.8) is 0 Å². The first-order valence-corrected chi connectivity index (χ1v) is 10.9. The Hall–Kier alpha value is -2.11. The number of hydrogen-bond acceptors (Lipinski definition) is 4. The first-order valence-electron chi connectivity index (χ1n) is 10.9. The Balaban J connectivity index is 1.44. The Kier molecular flexibility index (Phi) is 4.33. The third kappa shape index (κ3) is 3.16. The fourth-order valence-electron chi connectivity index (χ4n) is 6.80. The zero-order valence-corrected chi connectivity index (χ0v) is 16.4. The number of nitro benzene ring substituents is 1. The summed E-state index contributed by atoms with van der Waals surface area (Å²) in [6.07, 6.45) is 10.6. The zero-order valence-electron chi connectivity index (χ0n) is 16.4. The molecule has 5 aliphatic rings. The fourth-order valence-corrected chi connectivity index (χ4v) is 6.80. The molecule has 150 valence electrons. The number of nitrogens with zero attached hydrogens (tertiary/aromatic N) is 2. The molecule has 4 saturated carbocycles. The lowest BCUT2D eigenvalue weighted by Gasteiger charge is -2.56. The van der Waals surface area contributed by atoms with E-state index in [2.05, 4.69) is 10.2 Å². The van der Waals surface area contributed by atoms with Crippen LogP contribution >= 0.6 is 0 Å². The molecule has 0 aromatic heterocycles. The molecule has 0 unspecified atom stereocenters. The summed E-state index contributed by atoms with van der Waals surface area (Å²) in [5.74, 6) is 2.13. The van der Waals surface area contributed by atoms with Crippen molar-refractivity contribution in [2.24, 2.45) is 17.8 Å². The predicted molar refractivity (Wildman–Crippen MR) is 108 cm³/mol. The van der Waals surface area contributed by atoms with Gasteiger partial charge in [0.15, 0.2) is 0 Å². The number of carbonyl (C=O) groups excluding carboxylic acids is 1. The molecule has 0 atom stereocenters. The minimum atomic E-state index is -0.401. The highest BCUT2D eigenvalue weighted by molar-refractivity contribution is 6.01. The van der Waals surface area contributed by atoms with E-state index in [0.717, 1.165) is 68.6 Å². The Morgan fingerprint density at radius 3 is 2.21 bits per heavy atom. The topological polar surface area (TPSA) is 75.5 Å². The van der Waals surface area contributed by atoms with Crippen molar-refractivity contribution in [2.45, 2.75) is 63.3 Å². The molecule has 0 radical (unpaired) electrons. The highest BCUT2D eigenvalue weighted by Gasteiger charge is 2.51. The van der Waals surface area contributed by atoms with Gasteiger partial charge in [-0.25, -0.2) is 0 Å². The van der Waals surface area contributed by atoms with E-state index < -0.39 is 4.92 Å². The van der Waals surface area contributed by atoms with Gasteiger partial charge in [-0.2, -0.15) is 0 Å². The third-order valence-electron chi connectivity index (χ3n) is 7.55. The number of nitro groups is 1. The molecule has 1 N–H and O–H groups in total. The van der Waals surface area contributed by atoms with Crippen LogP contribution in [0.25, 0.3) is 0 Å². The molecule has 1 heterocycles. The molecule has 1 amide bonds. The maximum atomic E-state index is 13.4. The molecule has 1 aromatic carbocycles. The summed E-state index contributed by atoms with van der Waals surface area (Å²) in [6, 6.07) is 4.79. The van der Waals surface area contributed by atoms with Crippen molar-refractivity contribution in [1.82, 2.24) is 5.32 Å². The van der Waals surface area contributed by atoms with Gasteiger partial charge >= 0.3 is 0 Å². The van der Waals surface area contributed by atoms with Crippen LogP contribution < -0.4 is 10.2 Å². The molecule has 6 heteroatoms. The summed E-state index contributed by atoms with van der Waals surface area (Å²) in [5, 5.41) is 14.7. The van der Waals surface area contributed by atoms with Crippen LogP contribution in [-0.2, 0) is 0 Å². The second-order valence-corrected chi connectivity index (χ2v) is 9.66. The number of non-ortho nitro benzene ring substituents is 1. The Bertz CT molecular complexity index is 765. The van der Waals surface area contributed by atoms with Crippen LogP contribution in [0.3, 0.4) is 0 Å². The van der Waals surface area contributed by atoms with Gasteiger partial charge in [-0.3, -0.25) is 14.9 Å². The molecule has 0 spiro atoms. The number of nitrogens with one attached hydrogen (secondary N) is 1. The van der Waals surface area contributed by atoms with Crippen LogP contribution in [0.2, 0.25) is 0 Å². The minimum Gasteiger partial charge on any atom is -0.371 e. The summed E-state index contributed by atoms with van der Waals surface area (Å²) in [7, 11) is 0. The molecule has 4 aliphatic carbocycles. The first kappa shape index (κ1) is 18.0. The third-order valence-corrected chi connectivity index (χ3v) is 7.55. The minimum absolute atomic E-state index is 0.00331. The average Bonchev–Trinajstić information content (AvgIpc) is 2.66. The van der Waals surface area contributed by atoms with E-state index >= 15 is 0 Å². The Morgan fingerprint density at radius 2 is 1.64 bits per heavy atom. The van der Waals surface area contributed by atoms with Gasteiger partial charge < -0.3 is 10.2 Å². The summed E-state index contributed by atoms with van der Waals surface area (Å²) < 4.78 is 0. The molecular weight excluding hydrogens is 354 g/mol. The van der Waals surface area contributed by atoms with Crippen LogP contribution in [0.4, 0.5) is 11.4 Å². The lowest BCUT2D eigenvalue weighted by molar-refractivity contribution is -0.384. The number of anilines is 1. The first-order chi connectivity index (χ1) is 13.5. The Morgan fingerprint density at radius 1 is 1.04 bits per heavy atom. The van der Waals surface area contributed by atoms with Crippen LogP contribution in [0.1, 0.15) is 68.1 Å². The predicted octanol–water partition coefficient (Wildman–Crippen LogP) is 4.28. The molecule has 5 fully saturated rings. The van der Waals surface area contributed by atoms with Crippen molar-refractivity contribution in [3.8, 4) is 0 Å². The van der Waals surface area contributed by atoms with E-state index in [9.17, 15) is 14.9 Å². The lowest BCUT2D eigenvalue weighted by atomic mass is 9.53. The van der Waals surface area contributed by atoms with Gasteiger partial charge in [0, 0.05) is 30.8 Å². The Labute approximate surface area is 165 Å². The number of hydrogen-bond donors (Lipinski definition) is 1. The monoisotopic (exact) mass is 383 g/mol. The van der Waals surface area contributed by atoms with E-state index in [1.165, 1.54) is 37.8 Å². The number of rotatable bonds is 4. The van der Waals surface area contributed by atoms with E-state index in [1.54, 1.807) is 6.07 Å².